The first-order chi connectivity index (χ1) is 7.47. The van der Waals surface area contributed by atoms with Crippen LogP contribution in [0.1, 0.15) is 20.3 Å². The number of amides is 1. The Hall–Kier alpha value is -0.810. The second-order valence-electron chi connectivity index (χ2n) is 4.49. The van der Waals surface area contributed by atoms with Crippen molar-refractivity contribution in [2.24, 2.45) is 5.92 Å². The first kappa shape index (κ1) is 15.2. The molecule has 0 bridgehead atoms. The van der Waals surface area contributed by atoms with Gasteiger partial charge in [-0.1, -0.05) is 13.8 Å². The van der Waals surface area contributed by atoms with E-state index in [1.54, 1.807) is 0 Å². The molecule has 0 aliphatic rings. The van der Waals surface area contributed by atoms with E-state index >= 15 is 0 Å². The van der Waals surface area contributed by atoms with Crippen LogP contribution in [0.3, 0.4) is 0 Å². The Bertz CT molecular complexity index is 196. The molecule has 5 nitrogen and oxygen atoms in total. The van der Waals surface area contributed by atoms with Crippen molar-refractivity contribution >= 4 is 6.09 Å². The molecule has 0 rings (SSSR count). The SMILES string of the molecule is CC(C)CC(CNC(=O)OCCO)N(C)C. The zero-order chi connectivity index (χ0) is 12.6. The molecule has 0 saturated heterocycles. The fourth-order valence-electron chi connectivity index (χ4n) is 1.41. The van der Waals surface area contributed by atoms with Crippen LogP contribution in [0.25, 0.3) is 0 Å². The molecule has 0 aromatic carbocycles. The zero-order valence-electron chi connectivity index (χ0n) is 10.7. The van der Waals surface area contributed by atoms with Crippen LogP contribution in [-0.4, -0.2) is 56.0 Å². The Morgan fingerprint density at radius 3 is 2.50 bits per heavy atom. The van der Waals surface area contributed by atoms with Gasteiger partial charge in [0.15, 0.2) is 0 Å². The average Bonchev–Trinajstić information content (AvgIpc) is 2.20. The summed E-state index contributed by atoms with van der Waals surface area (Å²) in [5.41, 5.74) is 0. The lowest BCUT2D eigenvalue weighted by atomic mass is 10.0. The van der Waals surface area contributed by atoms with Crippen molar-refractivity contribution in [2.75, 3.05) is 33.9 Å². The van der Waals surface area contributed by atoms with Gasteiger partial charge >= 0.3 is 6.09 Å². The van der Waals surface area contributed by atoms with Crippen LogP contribution in [0.2, 0.25) is 0 Å². The molecule has 0 saturated carbocycles. The van der Waals surface area contributed by atoms with Crippen molar-refractivity contribution in [3.63, 3.8) is 0 Å². The highest BCUT2D eigenvalue weighted by Crippen LogP contribution is 2.07. The van der Waals surface area contributed by atoms with E-state index in [1.807, 2.05) is 14.1 Å². The fourth-order valence-corrected chi connectivity index (χ4v) is 1.41. The van der Waals surface area contributed by atoms with Crippen LogP contribution >= 0.6 is 0 Å². The predicted molar refractivity (Wildman–Crippen MR) is 63.4 cm³/mol. The fraction of sp³-hybridized carbons (Fsp3) is 0.909. The van der Waals surface area contributed by atoms with Crippen LogP contribution in [0.5, 0.6) is 0 Å². The molecule has 0 radical (unpaired) electrons. The topological polar surface area (TPSA) is 61.8 Å². The summed E-state index contributed by atoms with van der Waals surface area (Å²) in [6.07, 6.45) is 0.553. The van der Waals surface area contributed by atoms with Crippen molar-refractivity contribution in [2.45, 2.75) is 26.3 Å². The third-order valence-corrected chi connectivity index (χ3v) is 2.28. The van der Waals surface area contributed by atoms with Gasteiger partial charge in [0.25, 0.3) is 0 Å². The number of ether oxygens (including phenoxy) is 1. The van der Waals surface area contributed by atoms with E-state index in [0.717, 1.165) is 6.42 Å². The molecule has 0 aromatic rings. The maximum absolute atomic E-state index is 11.2. The Morgan fingerprint density at radius 1 is 1.44 bits per heavy atom. The summed E-state index contributed by atoms with van der Waals surface area (Å²) < 4.78 is 4.71. The molecule has 1 atom stereocenters. The molecule has 0 aliphatic heterocycles. The molecule has 16 heavy (non-hydrogen) atoms. The summed E-state index contributed by atoms with van der Waals surface area (Å²) in [7, 11) is 3.99. The Morgan fingerprint density at radius 2 is 2.06 bits per heavy atom. The van der Waals surface area contributed by atoms with E-state index < -0.39 is 6.09 Å². The maximum Gasteiger partial charge on any atom is 0.407 e. The first-order valence-electron chi connectivity index (χ1n) is 5.65. The smallest absolute Gasteiger partial charge is 0.407 e. The summed E-state index contributed by atoms with van der Waals surface area (Å²) in [4.78, 5) is 13.2. The Balaban J connectivity index is 3.87. The monoisotopic (exact) mass is 232 g/mol. The van der Waals surface area contributed by atoms with Crippen molar-refractivity contribution in [1.29, 1.82) is 0 Å². The maximum atomic E-state index is 11.2. The van der Waals surface area contributed by atoms with Gasteiger partial charge < -0.3 is 20.1 Å². The number of hydrogen-bond acceptors (Lipinski definition) is 4. The number of likely N-dealkylation sites (N-methyl/N-ethyl adjacent to an activating group) is 1. The minimum atomic E-state index is -0.468. The molecule has 0 aliphatic carbocycles. The molecular formula is C11H24N2O3. The number of aliphatic hydroxyl groups excluding tert-OH is 1. The van der Waals surface area contributed by atoms with E-state index in [0.29, 0.717) is 18.5 Å². The summed E-state index contributed by atoms with van der Waals surface area (Å²) in [6.45, 7) is 4.77. The highest BCUT2D eigenvalue weighted by Gasteiger charge is 2.14. The van der Waals surface area contributed by atoms with Crippen LogP contribution in [0.4, 0.5) is 4.79 Å². The van der Waals surface area contributed by atoms with Gasteiger partial charge in [-0.3, -0.25) is 0 Å². The summed E-state index contributed by atoms with van der Waals surface area (Å²) in [5, 5.41) is 11.2. The third kappa shape index (κ3) is 7.48. The van der Waals surface area contributed by atoms with Crippen LogP contribution in [-0.2, 0) is 4.74 Å². The number of alkyl carbamates (subject to hydrolysis) is 1. The van der Waals surface area contributed by atoms with Gasteiger partial charge in [-0.2, -0.15) is 0 Å². The van der Waals surface area contributed by atoms with E-state index in [9.17, 15) is 4.79 Å². The normalized spacial score (nSPS) is 12.9. The first-order valence-corrected chi connectivity index (χ1v) is 5.65. The second kappa shape index (κ2) is 8.35. The summed E-state index contributed by atoms with van der Waals surface area (Å²) in [6, 6.07) is 0.307. The lowest BCUT2D eigenvalue weighted by molar-refractivity contribution is 0.116. The molecule has 0 fully saturated rings. The van der Waals surface area contributed by atoms with Crippen molar-refractivity contribution < 1.29 is 14.6 Å². The number of hydrogen-bond donors (Lipinski definition) is 2. The van der Waals surface area contributed by atoms with Crippen LogP contribution in [0.15, 0.2) is 0 Å². The predicted octanol–water partition coefficient (Wildman–Crippen LogP) is 0.681. The van der Waals surface area contributed by atoms with Crippen molar-refractivity contribution in [3.05, 3.63) is 0 Å². The van der Waals surface area contributed by atoms with Gasteiger partial charge in [-0.05, 0) is 26.4 Å². The van der Waals surface area contributed by atoms with Gasteiger partial charge in [0.05, 0.1) is 6.61 Å². The Labute approximate surface area is 97.8 Å². The number of aliphatic hydroxyl groups is 1. The van der Waals surface area contributed by atoms with E-state index in [-0.39, 0.29) is 13.2 Å². The lowest BCUT2D eigenvalue weighted by Crippen LogP contribution is -2.41. The number of carbonyl (C=O) groups is 1. The van der Waals surface area contributed by atoms with Gasteiger partial charge in [-0.15, -0.1) is 0 Å². The zero-order valence-corrected chi connectivity index (χ0v) is 10.7. The third-order valence-electron chi connectivity index (χ3n) is 2.28. The standard InChI is InChI=1S/C11H24N2O3/c1-9(2)7-10(13(3)4)8-12-11(15)16-6-5-14/h9-10,14H,5-8H2,1-4H3,(H,12,15). The van der Waals surface area contributed by atoms with Crippen molar-refractivity contribution in [1.82, 2.24) is 10.2 Å². The van der Waals surface area contributed by atoms with Gasteiger partial charge in [0, 0.05) is 12.6 Å². The van der Waals surface area contributed by atoms with E-state index in [1.165, 1.54) is 0 Å². The number of nitrogens with zero attached hydrogens (tertiary/aromatic N) is 1. The molecule has 1 unspecified atom stereocenters. The average molecular weight is 232 g/mol. The number of rotatable bonds is 7. The molecule has 2 N–H and O–H groups in total. The molecule has 5 heteroatoms. The number of nitrogens with one attached hydrogen (secondary N) is 1. The minimum absolute atomic E-state index is 0.0443. The van der Waals surface area contributed by atoms with E-state index in [4.69, 9.17) is 9.84 Å². The molecule has 0 spiro atoms. The highest BCUT2D eigenvalue weighted by atomic mass is 16.6. The quantitative estimate of drug-likeness (QED) is 0.677. The van der Waals surface area contributed by atoms with Crippen LogP contribution in [0, 0.1) is 5.92 Å². The minimum Gasteiger partial charge on any atom is -0.447 e. The molecule has 1 amide bonds. The van der Waals surface area contributed by atoms with Gasteiger partial charge in [0.2, 0.25) is 0 Å². The highest BCUT2D eigenvalue weighted by molar-refractivity contribution is 5.67. The van der Waals surface area contributed by atoms with Gasteiger partial charge in [-0.25, -0.2) is 4.79 Å². The molecule has 0 heterocycles. The largest absolute Gasteiger partial charge is 0.447 e. The van der Waals surface area contributed by atoms with Crippen molar-refractivity contribution in [3.8, 4) is 0 Å². The lowest BCUT2D eigenvalue weighted by Gasteiger charge is -2.26. The molecule has 96 valence electrons. The van der Waals surface area contributed by atoms with E-state index in [2.05, 4.69) is 24.1 Å². The summed E-state index contributed by atoms with van der Waals surface area (Å²) >= 11 is 0. The molecular weight excluding hydrogens is 208 g/mol. The Kier molecular flexibility index (Phi) is 7.93. The summed E-state index contributed by atoms with van der Waals surface area (Å²) in [5.74, 6) is 0.586. The second-order valence-corrected chi connectivity index (χ2v) is 4.49. The van der Waals surface area contributed by atoms with Crippen LogP contribution < -0.4 is 5.32 Å². The molecule has 0 aromatic heterocycles. The number of carbonyl (C=O) groups excluding carboxylic acids is 1. The van der Waals surface area contributed by atoms with Gasteiger partial charge in [0.1, 0.15) is 6.61 Å².